The van der Waals surface area contributed by atoms with Gasteiger partial charge in [0.25, 0.3) is 0 Å². The monoisotopic (exact) mass is 263 g/mol. The summed E-state index contributed by atoms with van der Waals surface area (Å²) < 4.78 is 4.60. The lowest BCUT2D eigenvalue weighted by Gasteiger charge is -2.06. The van der Waals surface area contributed by atoms with Crippen LogP contribution in [0.5, 0.6) is 0 Å². The number of halogens is 1. The van der Waals surface area contributed by atoms with Crippen molar-refractivity contribution in [2.75, 3.05) is 12.8 Å². The van der Waals surface area contributed by atoms with Crippen LogP contribution in [-0.4, -0.2) is 23.0 Å². The Morgan fingerprint density at radius 3 is 2.89 bits per heavy atom. The van der Waals surface area contributed by atoms with Crippen LogP contribution >= 0.6 is 11.6 Å². The molecule has 0 amide bonds. The molecule has 0 atom stereocenters. The Morgan fingerprint density at radius 2 is 2.17 bits per heavy atom. The predicted molar refractivity (Wildman–Crippen MR) is 68.2 cm³/mol. The van der Waals surface area contributed by atoms with Gasteiger partial charge < -0.3 is 10.5 Å². The highest BCUT2D eigenvalue weighted by Gasteiger charge is 2.12. The van der Waals surface area contributed by atoms with Crippen molar-refractivity contribution in [2.45, 2.75) is 0 Å². The highest BCUT2D eigenvalue weighted by atomic mass is 35.5. The fourth-order valence-corrected chi connectivity index (χ4v) is 1.63. The van der Waals surface area contributed by atoms with E-state index in [0.29, 0.717) is 22.1 Å². The van der Waals surface area contributed by atoms with E-state index in [9.17, 15) is 4.79 Å². The zero-order valence-corrected chi connectivity index (χ0v) is 10.3. The lowest BCUT2D eigenvalue weighted by atomic mass is 10.2. The van der Waals surface area contributed by atoms with Crippen molar-refractivity contribution in [1.29, 1.82) is 0 Å². The largest absolute Gasteiger partial charge is 0.464 e. The number of nitrogens with two attached hydrogens (primary N) is 1. The Bertz CT molecular complexity index is 602. The van der Waals surface area contributed by atoms with Crippen molar-refractivity contribution >= 4 is 23.3 Å². The fraction of sp³-hybridized carbons (Fsp3) is 0.0833. The van der Waals surface area contributed by atoms with E-state index in [1.165, 1.54) is 13.3 Å². The van der Waals surface area contributed by atoms with Gasteiger partial charge in [0.1, 0.15) is 11.4 Å². The van der Waals surface area contributed by atoms with Crippen LogP contribution in [0.4, 0.5) is 5.69 Å². The molecule has 0 bridgehead atoms. The van der Waals surface area contributed by atoms with E-state index < -0.39 is 5.97 Å². The van der Waals surface area contributed by atoms with Crippen LogP contribution in [0.15, 0.2) is 30.5 Å². The molecule has 18 heavy (non-hydrogen) atoms. The minimum absolute atomic E-state index is 0.190. The lowest BCUT2D eigenvalue weighted by molar-refractivity contribution is 0.0594. The molecule has 0 saturated carbocycles. The van der Waals surface area contributed by atoms with Gasteiger partial charge in [0.2, 0.25) is 0 Å². The standard InChI is InChI=1S/C12H10ClN3O2/c1-18-12(17)9-4-2-3-8(16-9)11-10(13)7(14)5-6-15-11/h2-6H,1H3,(H2,14,15). The van der Waals surface area contributed by atoms with E-state index in [4.69, 9.17) is 17.3 Å². The maximum absolute atomic E-state index is 11.4. The highest BCUT2D eigenvalue weighted by Crippen LogP contribution is 2.28. The van der Waals surface area contributed by atoms with Gasteiger partial charge in [0.05, 0.1) is 23.5 Å². The van der Waals surface area contributed by atoms with Gasteiger partial charge in [-0.05, 0) is 18.2 Å². The Morgan fingerprint density at radius 1 is 1.39 bits per heavy atom. The van der Waals surface area contributed by atoms with Gasteiger partial charge >= 0.3 is 5.97 Å². The number of rotatable bonds is 2. The van der Waals surface area contributed by atoms with Crippen molar-refractivity contribution in [3.63, 3.8) is 0 Å². The molecule has 0 aliphatic carbocycles. The molecule has 0 aliphatic heterocycles. The average Bonchev–Trinajstić information content (AvgIpc) is 2.41. The SMILES string of the molecule is COC(=O)c1cccc(-c2nccc(N)c2Cl)n1. The molecule has 2 aromatic rings. The summed E-state index contributed by atoms with van der Waals surface area (Å²) in [5.74, 6) is -0.517. The maximum Gasteiger partial charge on any atom is 0.356 e. The third kappa shape index (κ3) is 2.26. The smallest absolute Gasteiger partial charge is 0.356 e. The number of hydrogen-bond acceptors (Lipinski definition) is 5. The van der Waals surface area contributed by atoms with E-state index in [2.05, 4.69) is 14.7 Å². The summed E-state index contributed by atoms with van der Waals surface area (Å²) in [5, 5.41) is 0.312. The normalized spacial score (nSPS) is 10.1. The molecule has 0 spiro atoms. The molecule has 0 radical (unpaired) electrons. The van der Waals surface area contributed by atoms with Gasteiger partial charge in [0, 0.05) is 6.20 Å². The van der Waals surface area contributed by atoms with Crippen LogP contribution in [0.25, 0.3) is 11.4 Å². The van der Waals surface area contributed by atoms with Gasteiger partial charge in [-0.3, -0.25) is 4.98 Å². The molecule has 0 fully saturated rings. The summed E-state index contributed by atoms with van der Waals surface area (Å²) in [6, 6.07) is 6.52. The predicted octanol–water partition coefficient (Wildman–Crippen LogP) is 2.17. The number of nitrogen functional groups attached to an aromatic ring is 1. The molecule has 2 aromatic heterocycles. The van der Waals surface area contributed by atoms with E-state index in [1.807, 2.05) is 0 Å². The van der Waals surface area contributed by atoms with Crippen LogP contribution in [0.1, 0.15) is 10.5 Å². The van der Waals surface area contributed by atoms with E-state index >= 15 is 0 Å². The first-order chi connectivity index (χ1) is 8.63. The second kappa shape index (κ2) is 5.01. The summed E-state index contributed by atoms with van der Waals surface area (Å²) >= 11 is 6.05. The summed E-state index contributed by atoms with van der Waals surface area (Å²) in [6.45, 7) is 0. The molecule has 0 aliphatic rings. The van der Waals surface area contributed by atoms with Crippen molar-refractivity contribution < 1.29 is 9.53 Å². The topological polar surface area (TPSA) is 78.1 Å². The van der Waals surface area contributed by atoms with E-state index in [0.717, 1.165) is 0 Å². The zero-order chi connectivity index (χ0) is 13.1. The molecule has 5 nitrogen and oxygen atoms in total. The zero-order valence-electron chi connectivity index (χ0n) is 9.55. The number of nitrogens with zero attached hydrogens (tertiary/aromatic N) is 2. The number of pyridine rings is 2. The first-order valence-corrected chi connectivity index (χ1v) is 5.47. The summed E-state index contributed by atoms with van der Waals surface area (Å²) in [6.07, 6.45) is 1.53. The van der Waals surface area contributed by atoms with Gasteiger partial charge in [-0.2, -0.15) is 0 Å². The maximum atomic E-state index is 11.4. The van der Waals surface area contributed by atoms with Crippen molar-refractivity contribution in [3.05, 3.63) is 41.2 Å². The Kier molecular flexibility index (Phi) is 3.43. The van der Waals surface area contributed by atoms with Crippen LogP contribution < -0.4 is 5.73 Å². The molecule has 0 unspecified atom stereocenters. The first kappa shape index (κ1) is 12.3. The number of hydrogen-bond donors (Lipinski definition) is 1. The molecule has 0 aromatic carbocycles. The quantitative estimate of drug-likeness (QED) is 0.840. The summed E-state index contributed by atoms with van der Waals surface area (Å²) in [5.41, 5.74) is 7.19. The summed E-state index contributed by atoms with van der Waals surface area (Å²) in [7, 11) is 1.29. The number of ether oxygens (including phenoxy) is 1. The minimum atomic E-state index is -0.517. The van der Waals surface area contributed by atoms with E-state index in [-0.39, 0.29) is 5.69 Å². The van der Waals surface area contributed by atoms with Gasteiger partial charge in [-0.1, -0.05) is 17.7 Å². The second-order valence-corrected chi connectivity index (χ2v) is 3.84. The number of aromatic nitrogens is 2. The lowest BCUT2D eigenvalue weighted by Crippen LogP contribution is -2.05. The number of anilines is 1. The third-order valence-corrected chi connectivity index (χ3v) is 2.70. The van der Waals surface area contributed by atoms with Crippen LogP contribution in [0.3, 0.4) is 0 Å². The highest BCUT2D eigenvalue weighted by molar-refractivity contribution is 6.35. The Labute approximate surface area is 109 Å². The van der Waals surface area contributed by atoms with Crippen molar-refractivity contribution in [3.8, 4) is 11.4 Å². The van der Waals surface area contributed by atoms with Crippen LogP contribution in [-0.2, 0) is 4.74 Å². The third-order valence-electron chi connectivity index (χ3n) is 2.31. The van der Waals surface area contributed by atoms with Gasteiger partial charge in [-0.15, -0.1) is 0 Å². The molecule has 0 saturated heterocycles. The molecule has 2 heterocycles. The number of carbonyl (C=O) groups excluding carboxylic acids is 1. The van der Waals surface area contributed by atoms with Crippen molar-refractivity contribution in [1.82, 2.24) is 9.97 Å². The summed E-state index contributed by atoms with van der Waals surface area (Å²) in [4.78, 5) is 19.6. The van der Waals surface area contributed by atoms with Crippen LogP contribution in [0.2, 0.25) is 5.02 Å². The molecule has 2 rings (SSSR count). The minimum Gasteiger partial charge on any atom is -0.464 e. The fourth-order valence-electron chi connectivity index (χ4n) is 1.42. The van der Waals surface area contributed by atoms with Gasteiger partial charge in [-0.25, -0.2) is 9.78 Å². The average molecular weight is 264 g/mol. The molecule has 2 N–H and O–H groups in total. The molecular weight excluding hydrogens is 254 g/mol. The number of carbonyl (C=O) groups is 1. The van der Waals surface area contributed by atoms with Gasteiger partial charge in [0.15, 0.2) is 0 Å². The Hall–Kier alpha value is -2.14. The second-order valence-electron chi connectivity index (χ2n) is 3.46. The molecular formula is C12H10ClN3O2. The molecule has 92 valence electrons. The van der Waals surface area contributed by atoms with Crippen LogP contribution in [0, 0.1) is 0 Å². The first-order valence-electron chi connectivity index (χ1n) is 5.09. The van der Waals surface area contributed by atoms with Crippen molar-refractivity contribution in [2.24, 2.45) is 0 Å². The number of esters is 1. The van der Waals surface area contributed by atoms with E-state index in [1.54, 1.807) is 24.3 Å². The Balaban J connectivity index is 2.51. The molecule has 6 heteroatoms. The number of methoxy groups -OCH3 is 1.